The first-order valence-electron chi connectivity index (χ1n) is 6.06. The minimum absolute atomic E-state index is 0.0903. The molecule has 0 amide bonds. The number of hydrogen-bond donors (Lipinski definition) is 0. The standard InChI is InChI=1S/C13H13F2N3O2/c1-2-20-13(19)10-11(12(14)15)18(17-16-10)8-9-6-4-3-5-7-9/h3-7,12H,2,8H2,1H3. The number of nitrogens with zero attached hydrogens (tertiary/aromatic N) is 3. The molecule has 0 saturated carbocycles. The molecule has 2 rings (SSSR count). The van der Waals surface area contributed by atoms with Crippen LogP contribution < -0.4 is 0 Å². The van der Waals surface area contributed by atoms with Gasteiger partial charge in [-0.2, -0.15) is 0 Å². The summed E-state index contributed by atoms with van der Waals surface area (Å²) in [6.07, 6.45) is -2.85. The van der Waals surface area contributed by atoms with Crippen LogP contribution in [0, 0.1) is 0 Å². The molecule has 0 spiro atoms. The zero-order valence-corrected chi connectivity index (χ0v) is 10.8. The fraction of sp³-hybridized carbons (Fsp3) is 0.308. The van der Waals surface area contributed by atoms with Crippen LogP contribution in [0.2, 0.25) is 0 Å². The highest BCUT2D eigenvalue weighted by Gasteiger charge is 2.27. The Balaban J connectivity index is 2.32. The third-order valence-corrected chi connectivity index (χ3v) is 2.62. The van der Waals surface area contributed by atoms with Crippen LogP contribution in [-0.4, -0.2) is 27.6 Å². The lowest BCUT2D eigenvalue weighted by atomic mass is 10.2. The van der Waals surface area contributed by atoms with Gasteiger partial charge >= 0.3 is 5.97 Å². The lowest BCUT2D eigenvalue weighted by molar-refractivity contribution is 0.0506. The number of rotatable bonds is 5. The summed E-state index contributed by atoms with van der Waals surface area (Å²) >= 11 is 0. The number of benzene rings is 1. The minimum atomic E-state index is -2.85. The Morgan fingerprint density at radius 1 is 1.35 bits per heavy atom. The van der Waals surface area contributed by atoms with Crippen molar-refractivity contribution >= 4 is 5.97 Å². The Kier molecular flexibility index (Phi) is 4.39. The number of carbonyl (C=O) groups excluding carboxylic acids is 1. The Hall–Kier alpha value is -2.31. The molecule has 0 saturated heterocycles. The number of halogens is 2. The van der Waals surface area contributed by atoms with Gasteiger partial charge in [-0.25, -0.2) is 18.3 Å². The van der Waals surface area contributed by atoms with Crippen LogP contribution in [0.1, 0.15) is 35.1 Å². The van der Waals surface area contributed by atoms with E-state index in [9.17, 15) is 13.6 Å². The molecule has 0 bridgehead atoms. The van der Waals surface area contributed by atoms with E-state index in [-0.39, 0.29) is 13.2 Å². The number of aromatic nitrogens is 3. The van der Waals surface area contributed by atoms with Crippen LogP contribution in [0.4, 0.5) is 8.78 Å². The minimum Gasteiger partial charge on any atom is -0.461 e. The molecule has 0 N–H and O–H groups in total. The van der Waals surface area contributed by atoms with Crippen LogP contribution in [0.3, 0.4) is 0 Å². The highest BCUT2D eigenvalue weighted by atomic mass is 19.3. The summed E-state index contributed by atoms with van der Waals surface area (Å²) < 4.78 is 31.9. The molecule has 0 aliphatic carbocycles. The van der Waals surface area contributed by atoms with Crippen molar-refractivity contribution in [3.63, 3.8) is 0 Å². The van der Waals surface area contributed by atoms with Crippen LogP contribution in [0.5, 0.6) is 0 Å². The second-order valence-electron chi connectivity index (χ2n) is 3.99. The first-order valence-corrected chi connectivity index (χ1v) is 6.06. The van der Waals surface area contributed by atoms with E-state index in [1.165, 1.54) is 0 Å². The van der Waals surface area contributed by atoms with Crippen molar-refractivity contribution in [3.8, 4) is 0 Å². The van der Waals surface area contributed by atoms with E-state index in [1.807, 2.05) is 6.07 Å². The van der Waals surface area contributed by atoms with Crippen molar-refractivity contribution < 1.29 is 18.3 Å². The van der Waals surface area contributed by atoms with Crippen molar-refractivity contribution in [1.82, 2.24) is 15.0 Å². The largest absolute Gasteiger partial charge is 0.461 e. The number of hydrogen-bond acceptors (Lipinski definition) is 4. The number of ether oxygens (including phenoxy) is 1. The van der Waals surface area contributed by atoms with E-state index >= 15 is 0 Å². The van der Waals surface area contributed by atoms with Crippen molar-refractivity contribution in [1.29, 1.82) is 0 Å². The van der Waals surface area contributed by atoms with Gasteiger partial charge in [-0.05, 0) is 12.5 Å². The summed E-state index contributed by atoms with van der Waals surface area (Å²) in [5.41, 5.74) is -0.167. The number of carbonyl (C=O) groups is 1. The highest BCUT2D eigenvalue weighted by Crippen LogP contribution is 2.22. The van der Waals surface area contributed by atoms with Gasteiger partial charge in [0.05, 0.1) is 13.2 Å². The van der Waals surface area contributed by atoms with Crippen molar-refractivity contribution in [2.45, 2.75) is 19.9 Å². The third kappa shape index (κ3) is 2.98. The van der Waals surface area contributed by atoms with E-state index in [0.717, 1.165) is 10.2 Å². The second kappa shape index (κ2) is 6.23. The molecule has 0 radical (unpaired) electrons. The molecule has 1 aromatic heterocycles. The molecule has 20 heavy (non-hydrogen) atoms. The number of esters is 1. The Morgan fingerprint density at radius 2 is 2.05 bits per heavy atom. The van der Waals surface area contributed by atoms with Crippen LogP contribution in [0.15, 0.2) is 30.3 Å². The van der Waals surface area contributed by atoms with Gasteiger partial charge in [-0.15, -0.1) is 5.10 Å². The molecule has 2 aromatic rings. The summed E-state index contributed by atoms with van der Waals surface area (Å²) in [7, 11) is 0. The molecular formula is C13H13F2N3O2. The maximum Gasteiger partial charge on any atom is 0.361 e. The molecule has 1 aromatic carbocycles. The second-order valence-corrected chi connectivity index (χ2v) is 3.99. The highest BCUT2D eigenvalue weighted by molar-refractivity contribution is 5.88. The normalized spacial score (nSPS) is 10.8. The molecule has 0 aliphatic rings. The average Bonchev–Trinajstić information content (AvgIpc) is 2.84. The zero-order chi connectivity index (χ0) is 14.5. The van der Waals surface area contributed by atoms with Crippen molar-refractivity contribution in [3.05, 3.63) is 47.3 Å². The molecular weight excluding hydrogens is 268 g/mol. The Morgan fingerprint density at radius 3 is 2.65 bits per heavy atom. The number of alkyl halides is 2. The van der Waals surface area contributed by atoms with Gasteiger partial charge in [-0.1, -0.05) is 35.5 Å². The van der Waals surface area contributed by atoms with Crippen LogP contribution in [0.25, 0.3) is 0 Å². The van der Waals surface area contributed by atoms with E-state index in [2.05, 4.69) is 10.3 Å². The summed E-state index contributed by atoms with van der Waals surface area (Å²) in [6, 6.07) is 8.96. The smallest absolute Gasteiger partial charge is 0.361 e. The third-order valence-electron chi connectivity index (χ3n) is 2.62. The van der Waals surface area contributed by atoms with Gasteiger partial charge < -0.3 is 4.74 Å². The lowest BCUT2D eigenvalue weighted by Gasteiger charge is -2.07. The first kappa shape index (κ1) is 14.1. The zero-order valence-electron chi connectivity index (χ0n) is 10.8. The van der Waals surface area contributed by atoms with Crippen LogP contribution in [-0.2, 0) is 11.3 Å². The summed E-state index contributed by atoms with van der Waals surface area (Å²) in [4.78, 5) is 11.6. The molecule has 1 heterocycles. The lowest BCUT2D eigenvalue weighted by Crippen LogP contribution is -2.12. The Bertz CT molecular complexity index is 585. The van der Waals surface area contributed by atoms with Gasteiger partial charge in [0.2, 0.25) is 0 Å². The van der Waals surface area contributed by atoms with E-state index in [4.69, 9.17) is 4.74 Å². The predicted octanol–water partition coefficient (Wildman–Crippen LogP) is 2.44. The summed E-state index contributed by atoms with van der Waals surface area (Å²) in [5.74, 6) is -0.887. The van der Waals surface area contributed by atoms with Gasteiger partial charge in [0, 0.05) is 0 Å². The van der Waals surface area contributed by atoms with E-state index < -0.39 is 23.8 Å². The molecule has 0 aliphatic heterocycles. The first-order chi connectivity index (χ1) is 9.63. The van der Waals surface area contributed by atoms with Crippen molar-refractivity contribution in [2.75, 3.05) is 6.61 Å². The quantitative estimate of drug-likeness (QED) is 0.790. The maximum absolute atomic E-state index is 13.1. The molecule has 106 valence electrons. The predicted molar refractivity (Wildman–Crippen MR) is 66.5 cm³/mol. The summed E-state index contributed by atoms with van der Waals surface area (Å²) in [5, 5.41) is 7.13. The molecule has 0 atom stereocenters. The van der Waals surface area contributed by atoms with Crippen molar-refractivity contribution in [2.24, 2.45) is 0 Å². The maximum atomic E-state index is 13.1. The monoisotopic (exact) mass is 281 g/mol. The van der Waals surface area contributed by atoms with E-state index in [0.29, 0.717) is 0 Å². The molecule has 0 fully saturated rings. The van der Waals surface area contributed by atoms with Crippen LogP contribution >= 0.6 is 0 Å². The van der Waals surface area contributed by atoms with E-state index in [1.54, 1.807) is 31.2 Å². The Labute approximate surface area is 114 Å². The fourth-order valence-corrected chi connectivity index (χ4v) is 1.75. The topological polar surface area (TPSA) is 57.0 Å². The molecule has 7 heteroatoms. The van der Waals surface area contributed by atoms with Gasteiger partial charge in [0.1, 0.15) is 5.69 Å². The van der Waals surface area contributed by atoms with Gasteiger partial charge in [0.25, 0.3) is 6.43 Å². The molecule has 0 unspecified atom stereocenters. The molecule has 5 nitrogen and oxygen atoms in total. The van der Waals surface area contributed by atoms with Gasteiger partial charge in [0.15, 0.2) is 5.69 Å². The fourth-order valence-electron chi connectivity index (χ4n) is 1.75. The summed E-state index contributed by atoms with van der Waals surface area (Å²) in [6.45, 7) is 1.80. The van der Waals surface area contributed by atoms with Gasteiger partial charge in [-0.3, -0.25) is 0 Å². The SMILES string of the molecule is CCOC(=O)c1nnn(Cc2ccccc2)c1C(F)F. The average molecular weight is 281 g/mol.